The van der Waals surface area contributed by atoms with Gasteiger partial charge in [-0.3, -0.25) is 14.9 Å². The van der Waals surface area contributed by atoms with Crippen molar-refractivity contribution in [2.45, 2.75) is 33.6 Å². The topological polar surface area (TPSA) is 69.4 Å². The highest BCUT2D eigenvalue weighted by Crippen LogP contribution is 2.28. The first-order valence-corrected chi connectivity index (χ1v) is 6.34. The summed E-state index contributed by atoms with van der Waals surface area (Å²) in [5, 5.41) is 11.0. The molecule has 0 spiro atoms. The van der Waals surface area contributed by atoms with E-state index in [1.165, 1.54) is 19.1 Å². The molecule has 0 bridgehead atoms. The summed E-state index contributed by atoms with van der Waals surface area (Å²) in [7, 11) is 0. The SMILES string of the molecule is CC(=O)c1ccc(OCCCC(C)C)c([N+](=O)[O-])c1. The van der Waals surface area contributed by atoms with Gasteiger partial charge in [-0.25, -0.2) is 0 Å². The molecule has 0 saturated heterocycles. The molecular formula is C14H19NO4. The molecule has 0 aliphatic heterocycles. The zero-order valence-electron chi connectivity index (χ0n) is 11.5. The Kier molecular flexibility index (Phi) is 5.48. The second-order valence-corrected chi connectivity index (χ2v) is 4.88. The predicted molar refractivity (Wildman–Crippen MR) is 72.7 cm³/mol. The maximum Gasteiger partial charge on any atom is 0.311 e. The summed E-state index contributed by atoms with van der Waals surface area (Å²) in [6.07, 6.45) is 1.86. The summed E-state index contributed by atoms with van der Waals surface area (Å²) in [5.41, 5.74) is 0.165. The molecule has 0 radical (unpaired) electrons. The van der Waals surface area contributed by atoms with Crippen LogP contribution in [0.25, 0.3) is 0 Å². The van der Waals surface area contributed by atoms with Crippen LogP contribution in [-0.4, -0.2) is 17.3 Å². The number of rotatable bonds is 7. The van der Waals surface area contributed by atoms with E-state index in [0.717, 1.165) is 12.8 Å². The van der Waals surface area contributed by atoms with Crippen LogP contribution in [0.15, 0.2) is 18.2 Å². The quantitative estimate of drug-likeness (QED) is 0.327. The number of carbonyl (C=O) groups excluding carboxylic acids is 1. The Hall–Kier alpha value is -1.91. The summed E-state index contributed by atoms with van der Waals surface area (Å²) >= 11 is 0. The Balaban J connectivity index is 2.77. The first kappa shape index (κ1) is 15.1. The van der Waals surface area contributed by atoms with Crippen molar-refractivity contribution in [1.82, 2.24) is 0 Å². The number of nitro benzene ring substituents is 1. The number of nitrogens with zero attached hydrogens (tertiary/aromatic N) is 1. The average molecular weight is 265 g/mol. The van der Waals surface area contributed by atoms with E-state index in [1.807, 2.05) is 0 Å². The van der Waals surface area contributed by atoms with E-state index in [2.05, 4.69) is 13.8 Å². The van der Waals surface area contributed by atoms with E-state index in [9.17, 15) is 14.9 Å². The minimum absolute atomic E-state index is 0.155. The molecule has 0 heterocycles. The maximum atomic E-state index is 11.2. The molecule has 0 saturated carbocycles. The lowest BCUT2D eigenvalue weighted by Crippen LogP contribution is -2.03. The van der Waals surface area contributed by atoms with E-state index in [1.54, 1.807) is 6.07 Å². The van der Waals surface area contributed by atoms with Crippen molar-refractivity contribution in [1.29, 1.82) is 0 Å². The molecular weight excluding hydrogens is 246 g/mol. The minimum atomic E-state index is -0.524. The number of hydrogen-bond donors (Lipinski definition) is 0. The van der Waals surface area contributed by atoms with Crippen molar-refractivity contribution in [3.63, 3.8) is 0 Å². The highest BCUT2D eigenvalue weighted by atomic mass is 16.6. The molecule has 5 heteroatoms. The number of ketones is 1. The second kappa shape index (κ2) is 6.87. The van der Waals surface area contributed by atoms with E-state index in [0.29, 0.717) is 18.1 Å². The third kappa shape index (κ3) is 4.69. The molecule has 0 atom stereocenters. The molecule has 0 aliphatic rings. The number of benzene rings is 1. The largest absolute Gasteiger partial charge is 0.487 e. The smallest absolute Gasteiger partial charge is 0.311 e. The van der Waals surface area contributed by atoms with Crippen LogP contribution in [0.3, 0.4) is 0 Å². The van der Waals surface area contributed by atoms with E-state index < -0.39 is 4.92 Å². The van der Waals surface area contributed by atoms with Crippen LogP contribution in [0.4, 0.5) is 5.69 Å². The van der Waals surface area contributed by atoms with Crippen LogP contribution in [0.5, 0.6) is 5.75 Å². The number of Topliss-reactive ketones (excluding diaryl/α,β-unsaturated/α-hetero) is 1. The van der Waals surface area contributed by atoms with Gasteiger partial charge in [-0.15, -0.1) is 0 Å². The Morgan fingerprint density at radius 2 is 2.11 bits per heavy atom. The van der Waals surface area contributed by atoms with E-state index >= 15 is 0 Å². The lowest BCUT2D eigenvalue weighted by Gasteiger charge is -2.08. The van der Waals surface area contributed by atoms with Crippen molar-refractivity contribution < 1.29 is 14.5 Å². The molecule has 1 aromatic rings. The van der Waals surface area contributed by atoms with E-state index in [4.69, 9.17) is 4.74 Å². The maximum absolute atomic E-state index is 11.2. The fourth-order valence-corrected chi connectivity index (χ4v) is 1.67. The van der Waals surface area contributed by atoms with Gasteiger partial charge in [0.25, 0.3) is 0 Å². The summed E-state index contributed by atoms with van der Waals surface area (Å²) in [5.74, 6) is 0.604. The monoisotopic (exact) mass is 265 g/mol. The molecule has 0 fully saturated rings. The third-order valence-corrected chi connectivity index (χ3v) is 2.75. The lowest BCUT2D eigenvalue weighted by atomic mass is 10.1. The zero-order valence-corrected chi connectivity index (χ0v) is 11.5. The predicted octanol–water partition coefficient (Wildman–Crippen LogP) is 3.61. The molecule has 0 N–H and O–H groups in total. The Bertz CT molecular complexity index is 469. The van der Waals surface area contributed by atoms with Gasteiger partial charge >= 0.3 is 5.69 Å². The second-order valence-electron chi connectivity index (χ2n) is 4.88. The summed E-state index contributed by atoms with van der Waals surface area (Å²) in [6, 6.07) is 4.30. The first-order chi connectivity index (χ1) is 8.91. The van der Waals surface area contributed by atoms with Crippen LogP contribution in [-0.2, 0) is 0 Å². The van der Waals surface area contributed by atoms with Gasteiger partial charge in [0.2, 0.25) is 0 Å². The molecule has 0 aromatic heterocycles. The fraction of sp³-hybridized carbons (Fsp3) is 0.500. The zero-order chi connectivity index (χ0) is 14.4. The average Bonchev–Trinajstić information content (AvgIpc) is 2.34. The van der Waals surface area contributed by atoms with Gasteiger partial charge in [-0.05, 0) is 37.8 Å². The standard InChI is InChI=1S/C14H19NO4/c1-10(2)5-4-8-19-14-7-6-12(11(3)16)9-13(14)15(17)18/h6-7,9-10H,4-5,8H2,1-3H3. The molecule has 0 aliphatic carbocycles. The van der Waals surface area contributed by atoms with Gasteiger partial charge in [0.15, 0.2) is 11.5 Å². The molecule has 0 unspecified atom stereocenters. The molecule has 5 nitrogen and oxygen atoms in total. The van der Waals surface area contributed by atoms with Gasteiger partial charge in [-0.1, -0.05) is 13.8 Å². The van der Waals surface area contributed by atoms with Gasteiger partial charge in [0, 0.05) is 11.6 Å². The normalized spacial score (nSPS) is 10.5. The van der Waals surface area contributed by atoms with Crippen molar-refractivity contribution in [2.75, 3.05) is 6.61 Å². The van der Waals surface area contributed by atoms with Gasteiger partial charge in [0.05, 0.1) is 11.5 Å². The van der Waals surface area contributed by atoms with Crippen molar-refractivity contribution in [3.8, 4) is 5.75 Å². The first-order valence-electron chi connectivity index (χ1n) is 6.34. The van der Waals surface area contributed by atoms with Gasteiger partial charge in [-0.2, -0.15) is 0 Å². The molecule has 104 valence electrons. The number of ether oxygens (including phenoxy) is 1. The molecule has 1 aromatic carbocycles. The van der Waals surface area contributed by atoms with Crippen molar-refractivity contribution in [3.05, 3.63) is 33.9 Å². The minimum Gasteiger partial charge on any atom is -0.487 e. The summed E-state index contributed by atoms with van der Waals surface area (Å²) in [6.45, 7) is 6.05. The van der Waals surface area contributed by atoms with Crippen molar-refractivity contribution >= 4 is 11.5 Å². The van der Waals surface area contributed by atoms with Crippen LogP contribution in [0.2, 0.25) is 0 Å². The molecule has 1 rings (SSSR count). The molecule has 0 amide bonds. The number of nitro groups is 1. The fourth-order valence-electron chi connectivity index (χ4n) is 1.67. The lowest BCUT2D eigenvalue weighted by molar-refractivity contribution is -0.385. The highest BCUT2D eigenvalue weighted by molar-refractivity contribution is 5.95. The Morgan fingerprint density at radius 1 is 1.42 bits per heavy atom. The highest BCUT2D eigenvalue weighted by Gasteiger charge is 2.17. The molecule has 19 heavy (non-hydrogen) atoms. The van der Waals surface area contributed by atoms with Crippen molar-refractivity contribution in [2.24, 2.45) is 5.92 Å². The van der Waals surface area contributed by atoms with Crippen LogP contribution in [0, 0.1) is 16.0 Å². The van der Waals surface area contributed by atoms with Gasteiger partial charge < -0.3 is 4.74 Å². The number of hydrogen-bond acceptors (Lipinski definition) is 4. The van der Waals surface area contributed by atoms with E-state index in [-0.39, 0.29) is 17.2 Å². The number of carbonyl (C=O) groups is 1. The Labute approximate surface area is 112 Å². The van der Waals surface area contributed by atoms with Crippen LogP contribution < -0.4 is 4.74 Å². The van der Waals surface area contributed by atoms with Crippen LogP contribution >= 0.6 is 0 Å². The summed E-state index contributed by atoms with van der Waals surface area (Å²) < 4.78 is 5.43. The van der Waals surface area contributed by atoms with Gasteiger partial charge in [0.1, 0.15) is 0 Å². The van der Waals surface area contributed by atoms with Crippen LogP contribution in [0.1, 0.15) is 44.0 Å². The summed E-state index contributed by atoms with van der Waals surface area (Å²) in [4.78, 5) is 21.6. The third-order valence-electron chi connectivity index (χ3n) is 2.75. The Morgan fingerprint density at radius 3 is 2.63 bits per heavy atom.